The van der Waals surface area contributed by atoms with Crippen LogP contribution in [0.5, 0.6) is 0 Å². The molecule has 0 amide bonds. The van der Waals surface area contributed by atoms with Gasteiger partial charge in [0.1, 0.15) is 11.6 Å². The van der Waals surface area contributed by atoms with Gasteiger partial charge in [0.15, 0.2) is 11.0 Å². The first kappa shape index (κ1) is 19.5. The minimum absolute atomic E-state index is 0.275. The summed E-state index contributed by atoms with van der Waals surface area (Å²) in [7, 11) is 0. The van der Waals surface area contributed by atoms with Gasteiger partial charge in [0, 0.05) is 34.8 Å². The highest BCUT2D eigenvalue weighted by molar-refractivity contribution is 7.98. The van der Waals surface area contributed by atoms with E-state index in [2.05, 4.69) is 15.2 Å². The number of aromatic nitrogens is 4. The molecule has 0 unspecified atom stereocenters. The molecule has 0 aliphatic carbocycles. The van der Waals surface area contributed by atoms with Crippen LogP contribution in [-0.4, -0.2) is 19.7 Å². The Bertz CT molecular complexity index is 1160. The summed E-state index contributed by atoms with van der Waals surface area (Å²) in [6.07, 6.45) is 3.39. The van der Waals surface area contributed by atoms with Crippen LogP contribution in [0.1, 0.15) is 11.1 Å². The van der Waals surface area contributed by atoms with Crippen LogP contribution in [0.15, 0.2) is 66.1 Å². The summed E-state index contributed by atoms with van der Waals surface area (Å²) in [5, 5.41) is 9.80. The van der Waals surface area contributed by atoms with E-state index in [1.807, 2.05) is 41.8 Å². The zero-order chi connectivity index (χ0) is 20.4. The summed E-state index contributed by atoms with van der Waals surface area (Å²) in [6.45, 7) is 1.97. The van der Waals surface area contributed by atoms with Crippen molar-refractivity contribution in [3.05, 3.63) is 88.7 Å². The molecule has 29 heavy (non-hydrogen) atoms. The van der Waals surface area contributed by atoms with Gasteiger partial charge in [-0.3, -0.25) is 9.55 Å². The van der Waals surface area contributed by atoms with Gasteiger partial charge in [-0.15, -0.1) is 10.2 Å². The molecule has 8 heteroatoms. The monoisotopic (exact) mass is 428 g/mol. The Kier molecular flexibility index (Phi) is 5.60. The second-order valence-corrected chi connectivity index (χ2v) is 7.72. The lowest BCUT2D eigenvalue weighted by atomic mass is 10.2. The van der Waals surface area contributed by atoms with Crippen molar-refractivity contribution in [1.29, 1.82) is 0 Å². The Morgan fingerprint density at radius 1 is 1.07 bits per heavy atom. The van der Waals surface area contributed by atoms with E-state index in [0.29, 0.717) is 21.6 Å². The van der Waals surface area contributed by atoms with E-state index in [9.17, 15) is 8.78 Å². The Hall–Kier alpha value is -2.77. The quantitative estimate of drug-likeness (QED) is 0.373. The molecule has 2 aromatic heterocycles. The molecule has 4 nitrogen and oxygen atoms in total. The van der Waals surface area contributed by atoms with Crippen molar-refractivity contribution in [2.45, 2.75) is 17.8 Å². The third-order valence-corrected chi connectivity index (χ3v) is 5.55. The first-order chi connectivity index (χ1) is 14.0. The minimum Gasteiger partial charge on any atom is -0.270 e. The van der Waals surface area contributed by atoms with E-state index in [1.54, 1.807) is 12.4 Å². The van der Waals surface area contributed by atoms with Gasteiger partial charge < -0.3 is 0 Å². The Labute approximate surface area is 175 Å². The van der Waals surface area contributed by atoms with Crippen LogP contribution in [-0.2, 0) is 5.75 Å². The van der Waals surface area contributed by atoms with Crippen molar-refractivity contribution in [3.63, 3.8) is 0 Å². The number of benzene rings is 2. The fourth-order valence-electron chi connectivity index (χ4n) is 2.87. The molecular weight excluding hydrogens is 414 g/mol. The molecule has 2 heterocycles. The number of hydrogen-bond acceptors (Lipinski definition) is 4. The third-order valence-electron chi connectivity index (χ3n) is 4.34. The number of nitrogens with zero attached hydrogens (tertiary/aromatic N) is 4. The van der Waals surface area contributed by atoms with E-state index in [0.717, 1.165) is 22.9 Å². The van der Waals surface area contributed by atoms with Gasteiger partial charge in [0.2, 0.25) is 0 Å². The van der Waals surface area contributed by atoms with Gasteiger partial charge in [0.05, 0.1) is 5.69 Å². The molecule has 0 saturated carbocycles. The highest BCUT2D eigenvalue weighted by Gasteiger charge is 2.18. The van der Waals surface area contributed by atoms with Gasteiger partial charge in [0.25, 0.3) is 0 Å². The van der Waals surface area contributed by atoms with Crippen LogP contribution in [0.25, 0.3) is 17.1 Å². The summed E-state index contributed by atoms with van der Waals surface area (Å²) in [6, 6.07) is 12.8. The molecule has 0 spiro atoms. The topological polar surface area (TPSA) is 43.6 Å². The first-order valence-corrected chi connectivity index (χ1v) is 10.1. The SMILES string of the molecule is Cc1ccc(Cl)cc1-n1c(SCc2ccc(F)cc2F)nnc1-c1cccnc1. The summed E-state index contributed by atoms with van der Waals surface area (Å²) < 4.78 is 29.1. The highest BCUT2D eigenvalue weighted by Crippen LogP contribution is 2.32. The molecule has 0 aliphatic heterocycles. The average Bonchev–Trinajstić information content (AvgIpc) is 3.13. The Morgan fingerprint density at radius 3 is 2.69 bits per heavy atom. The molecule has 0 bridgehead atoms. The van der Waals surface area contributed by atoms with E-state index < -0.39 is 11.6 Å². The molecule has 4 rings (SSSR count). The number of aryl methyl sites for hydroxylation is 1. The standard InChI is InChI=1S/C21H15ClF2N4S/c1-13-4-6-16(22)9-19(13)28-20(14-3-2-8-25-11-14)26-27-21(28)29-12-15-5-7-17(23)10-18(15)24/h2-11H,12H2,1H3. The van der Waals surface area contributed by atoms with E-state index >= 15 is 0 Å². The van der Waals surface area contributed by atoms with Crippen molar-refractivity contribution in [2.24, 2.45) is 0 Å². The molecule has 4 aromatic rings. The lowest BCUT2D eigenvalue weighted by Gasteiger charge is -2.13. The molecule has 2 aromatic carbocycles. The normalized spacial score (nSPS) is 11.0. The molecular formula is C21H15ClF2N4S. The van der Waals surface area contributed by atoms with Gasteiger partial charge in [-0.25, -0.2) is 8.78 Å². The van der Waals surface area contributed by atoms with Gasteiger partial charge in [-0.1, -0.05) is 35.5 Å². The lowest BCUT2D eigenvalue weighted by Crippen LogP contribution is -2.02. The molecule has 0 N–H and O–H groups in total. The molecule has 0 saturated heterocycles. The number of hydrogen-bond donors (Lipinski definition) is 0. The van der Waals surface area contributed by atoms with Crippen LogP contribution in [0.2, 0.25) is 5.02 Å². The smallest absolute Gasteiger partial charge is 0.196 e. The van der Waals surface area contributed by atoms with E-state index in [4.69, 9.17) is 11.6 Å². The third kappa shape index (κ3) is 4.16. The number of rotatable bonds is 5. The Balaban J connectivity index is 1.78. The van der Waals surface area contributed by atoms with Gasteiger partial charge in [-0.2, -0.15) is 0 Å². The molecule has 0 atom stereocenters. The van der Waals surface area contributed by atoms with Crippen molar-refractivity contribution >= 4 is 23.4 Å². The Morgan fingerprint density at radius 2 is 1.93 bits per heavy atom. The zero-order valence-electron chi connectivity index (χ0n) is 15.3. The van der Waals surface area contributed by atoms with Crippen molar-refractivity contribution < 1.29 is 8.78 Å². The van der Waals surface area contributed by atoms with Crippen LogP contribution in [0.3, 0.4) is 0 Å². The fraction of sp³-hybridized carbons (Fsp3) is 0.0952. The molecule has 0 fully saturated rings. The molecule has 0 radical (unpaired) electrons. The van der Waals surface area contributed by atoms with E-state index in [1.165, 1.54) is 23.9 Å². The minimum atomic E-state index is -0.604. The van der Waals surface area contributed by atoms with E-state index in [-0.39, 0.29) is 5.75 Å². The van der Waals surface area contributed by atoms with Crippen molar-refractivity contribution in [3.8, 4) is 17.1 Å². The fourth-order valence-corrected chi connectivity index (χ4v) is 3.96. The van der Waals surface area contributed by atoms with Crippen molar-refractivity contribution in [2.75, 3.05) is 0 Å². The lowest BCUT2D eigenvalue weighted by molar-refractivity contribution is 0.576. The first-order valence-electron chi connectivity index (χ1n) is 8.72. The largest absolute Gasteiger partial charge is 0.270 e. The van der Waals surface area contributed by atoms with Crippen LogP contribution >= 0.6 is 23.4 Å². The maximum Gasteiger partial charge on any atom is 0.196 e. The maximum absolute atomic E-state index is 14.0. The summed E-state index contributed by atoms with van der Waals surface area (Å²) in [4.78, 5) is 4.16. The molecule has 0 aliphatic rings. The van der Waals surface area contributed by atoms with Gasteiger partial charge >= 0.3 is 0 Å². The highest BCUT2D eigenvalue weighted by atomic mass is 35.5. The zero-order valence-corrected chi connectivity index (χ0v) is 16.9. The predicted molar refractivity (Wildman–Crippen MR) is 110 cm³/mol. The van der Waals surface area contributed by atoms with Gasteiger partial charge in [-0.05, 0) is 48.4 Å². The predicted octanol–water partition coefficient (Wildman–Crippen LogP) is 5.86. The van der Waals surface area contributed by atoms with Crippen molar-refractivity contribution in [1.82, 2.24) is 19.7 Å². The average molecular weight is 429 g/mol. The number of halogens is 3. The summed E-state index contributed by atoms with van der Waals surface area (Å²) >= 11 is 7.54. The van der Waals surface area contributed by atoms with Crippen LogP contribution in [0.4, 0.5) is 8.78 Å². The number of pyridine rings is 1. The van der Waals surface area contributed by atoms with Crippen LogP contribution < -0.4 is 0 Å². The molecule has 146 valence electrons. The van der Waals surface area contributed by atoms with Crippen LogP contribution in [0, 0.1) is 18.6 Å². The maximum atomic E-state index is 14.0. The second-order valence-electron chi connectivity index (χ2n) is 6.34. The summed E-state index contributed by atoms with van der Waals surface area (Å²) in [5.74, 6) is -0.315. The number of thioether (sulfide) groups is 1. The second kappa shape index (κ2) is 8.31. The summed E-state index contributed by atoms with van der Waals surface area (Å²) in [5.41, 5.74) is 2.98.